The molecule has 24 heavy (non-hydrogen) atoms. The van der Waals surface area contributed by atoms with Crippen molar-refractivity contribution >= 4 is 61.3 Å². The van der Waals surface area contributed by atoms with Crippen molar-refractivity contribution in [1.82, 2.24) is 5.32 Å². The van der Waals surface area contributed by atoms with Gasteiger partial charge in [0.2, 0.25) is 0 Å². The fourth-order valence-corrected chi connectivity index (χ4v) is 3.56. The third-order valence-electron chi connectivity index (χ3n) is 3.51. The smallest absolute Gasteiger partial charge is 0.264 e. The summed E-state index contributed by atoms with van der Waals surface area (Å²) in [5.41, 5.74) is 0.831. The minimum absolute atomic E-state index is 0.175. The van der Waals surface area contributed by atoms with Crippen molar-refractivity contribution in [2.75, 3.05) is 0 Å². The van der Waals surface area contributed by atoms with E-state index >= 15 is 0 Å². The molecule has 4 rings (SSSR count). The molecule has 118 valence electrons. The molecular weight excluding hydrogens is 388 g/mol. The molecule has 1 fully saturated rings. The number of benzene rings is 2. The van der Waals surface area contributed by atoms with Crippen LogP contribution in [0.25, 0.3) is 16.8 Å². The summed E-state index contributed by atoms with van der Waals surface area (Å²) in [6.45, 7) is 0. The highest BCUT2D eigenvalue weighted by molar-refractivity contribution is 9.10. The Morgan fingerprint density at radius 3 is 2.75 bits per heavy atom. The van der Waals surface area contributed by atoms with E-state index in [2.05, 4.69) is 26.2 Å². The Labute approximate surface area is 150 Å². The van der Waals surface area contributed by atoms with Gasteiger partial charge in [-0.15, -0.1) is 0 Å². The monoisotopic (exact) mass is 398 g/mol. The molecule has 3 aromatic rings. The molecule has 4 nitrogen and oxygen atoms in total. The number of hydrogen-bond acceptors (Lipinski definition) is 4. The first-order chi connectivity index (χ1) is 11.7. The Kier molecular flexibility index (Phi) is 4.00. The van der Waals surface area contributed by atoms with Crippen molar-refractivity contribution in [3.05, 3.63) is 69.9 Å². The lowest BCUT2D eigenvalue weighted by atomic mass is 10.1. The number of rotatable bonds is 2. The number of halogens is 1. The van der Waals surface area contributed by atoms with Crippen LogP contribution < -0.4 is 5.32 Å². The number of nitrogens with zero attached hydrogens (tertiary/aromatic N) is 1. The predicted molar refractivity (Wildman–Crippen MR) is 101 cm³/mol. The van der Waals surface area contributed by atoms with Crippen LogP contribution in [0.4, 0.5) is 5.69 Å². The number of hydrogen-bond donors (Lipinski definition) is 1. The van der Waals surface area contributed by atoms with Crippen molar-refractivity contribution in [1.29, 1.82) is 0 Å². The Morgan fingerprint density at radius 1 is 1.08 bits per heavy atom. The van der Waals surface area contributed by atoms with Crippen LogP contribution in [0.2, 0.25) is 0 Å². The lowest BCUT2D eigenvalue weighted by Gasteiger charge is -2.02. The Bertz CT molecular complexity index is 1000. The molecule has 2 aromatic carbocycles. The van der Waals surface area contributed by atoms with E-state index in [1.54, 1.807) is 18.2 Å². The van der Waals surface area contributed by atoms with Gasteiger partial charge in [0.25, 0.3) is 5.91 Å². The molecule has 6 heteroatoms. The second-order valence-corrected chi connectivity index (χ2v) is 6.93. The van der Waals surface area contributed by atoms with Crippen molar-refractivity contribution < 1.29 is 9.21 Å². The molecule has 2 heterocycles. The zero-order valence-corrected chi connectivity index (χ0v) is 14.7. The van der Waals surface area contributed by atoms with E-state index in [0.717, 1.165) is 16.5 Å². The molecule has 1 N–H and O–H groups in total. The molecule has 1 aliphatic rings. The first-order valence-corrected chi connectivity index (χ1v) is 8.83. The van der Waals surface area contributed by atoms with Gasteiger partial charge in [0.15, 0.2) is 9.84 Å². The summed E-state index contributed by atoms with van der Waals surface area (Å²) in [7, 11) is 0. The molecule has 1 aromatic heterocycles. The van der Waals surface area contributed by atoms with Gasteiger partial charge in [0, 0.05) is 11.5 Å². The molecule has 0 saturated carbocycles. The summed E-state index contributed by atoms with van der Waals surface area (Å²) < 4.78 is 6.04. The van der Waals surface area contributed by atoms with Gasteiger partial charge in [0.05, 0.1) is 10.6 Å². The maximum absolute atomic E-state index is 12.1. The number of nitrogens with one attached hydrogen (secondary N) is 1. The van der Waals surface area contributed by atoms with E-state index in [-0.39, 0.29) is 5.91 Å². The van der Waals surface area contributed by atoms with E-state index in [9.17, 15) is 4.79 Å². The van der Waals surface area contributed by atoms with Crippen molar-refractivity contribution in [2.45, 2.75) is 0 Å². The molecule has 1 amide bonds. The van der Waals surface area contributed by atoms with Crippen LogP contribution in [0.3, 0.4) is 0 Å². The first kappa shape index (κ1) is 15.2. The number of furan rings is 1. The summed E-state index contributed by atoms with van der Waals surface area (Å²) in [5.74, 6) is 0.442. The molecule has 0 radical (unpaired) electrons. The summed E-state index contributed by atoms with van der Waals surface area (Å²) in [6, 6.07) is 17.6. The third-order valence-corrected chi connectivity index (χ3v) is 4.84. The topological polar surface area (TPSA) is 54.6 Å². The zero-order valence-electron chi connectivity index (χ0n) is 12.3. The number of amidine groups is 1. The Balaban J connectivity index is 1.67. The van der Waals surface area contributed by atoms with Crippen LogP contribution in [0.1, 0.15) is 5.76 Å². The van der Waals surface area contributed by atoms with E-state index in [0.29, 0.717) is 20.5 Å². The summed E-state index contributed by atoms with van der Waals surface area (Å²) in [6.07, 6.45) is 1.70. The van der Waals surface area contributed by atoms with Crippen LogP contribution in [-0.4, -0.2) is 11.1 Å². The Hall–Kier alpha value is -2.31. The van der Waals surface area contributed by atoms with Gasteiger partial charge in [-0.2, -0.15) is 0 Å². The van der Waals surface area contributed by atoms with Gasteiger partial charge in [-0.25, -0.2) is 4.99 Å². The highest BCUT2D eigenvalue weighted by atomic mass is 79.9. The largest absolute Gasteiger partial charge is 0.450 e. The van der Waals surface area contributed by atoms with Gasteiger partial charge in [-0.1, -0.05) is 36.4 Å². The summed E-state index contributed by atoms with van der Waals surface area (Å²) in [5, 5.41) is 5.53. The van der Waals surface area contributed by atoms with Gasteiger partial charge < -0.3 is 9.73 Å². The molecule has 0 unspecified atom stereocenters. The number of carbonyl (C=O) groups excluding carboxylic acids is 1. The quantitative estimate of drug-likeness (QED) is 0.611. The second kappa shape index (κ2) is 6.30. The highest BCUT2D eigenvalue weighted by Crippen LogP contribution is 2.31. The average Bonchev–Trinajstić information content (AvgIpc) is 3.14. The molecule has 1 aliphatic heterocycles. The minimum atomic E-state index is -0.175. The van der Waals surface area contributed by atoms with Gasteiger partial charge in [-0.05, 0) is 51.3 Å². The zero-order chi connectivity index (χ0) is 16.5. The maximum atomic E-state index is 12.1. The summed E-state index contributed by atoms with van der Waals surface area (Å²) >= 11 is 4.55. The van der Waals surface area contributed by atoms with E-state index < -0.39 is 0 Å². The van der Waals surface area contributed by atoms with Crippen LogP contribution in [0.15, 0.2) is 73.6 Å². The van der Waals surface area contributed by atoms with E-state index in [1.807, 2.05) is 42.5 Å². The van der Waals surface area contributed by atoms with Crippen LogP contribution in [-0.2, 0) is 4.79 Å². The van der Waals surface area contributed by atoms with Gasteiger partial charge >= 0.3 is 0 Å². The highest BCUT2D eigenvalue weighted by Gasteiger charge is 2.24. The number of carbonyl (C=O) groups is 1. The SMILES string of the molecule is O=C1NC(=Nc2cccc3ccccc23)SC1=Cc1ccc(Br)o1. The normalized spacial score (nSPS) is 17.8. The average molecular weight is 399 g/mol. The molecule has 0 atom stereocenters. The van der Waals surface area contributed by atoms with Crippen LogP contribution >= 0.6 is 27.7 Å². The lowest BCUT2D eigenvalue weighted by molar-refractivity contribution is -0.115. The Morgan fingerprint density at radius 2 is 1.92 bits per heavy atom. The van der Waals surface area contributed by atoms with Gasteiger partial charge in [0.1, 0.15) is 5.76 Å². The predicted octanol–water partition coefficient (Wildman–Crippen LogP) is 5.09. The fraction of sp³-hybridized carbons (Fsp3) is 0. The molecule has 0 aliphatic carbocycles. The van der Waals surface area contributed by atoms with Gasteiger partial charge in [-0.3, -0.25) is 4.79 Å². The third kappa shape index (κ3) is 3.02. The fourth-order valence-electron chi connectivity index (χ4n) is 2.43. The maximum Gasteiger partial charge on any atom is 0.264 e. The van der Waals surface area contributed by atoms with Crippen LogP contribution in [0.5, 0.6) is 0 Å². The number of aliphatic imine (C=N–C) groups is 1. The number of thioether (sulfide) groups is 1. The van der Waals surface area contributed by atoms with Crippen LogP contribution in [0, 0.1) is 0 Å². The molecule has 0 spiro atoms. The molecular formula is C18H11BrN2O2S. The minimum Gasteiger partial charge on any atom is -0.450 e. The second-order valence-electron chi connectivity index (χ2n) is 5.12. The molecule has 0 bridgehead atoms. The van der Waals surface area contributed by atoms with E-state index in [1.165, 1.54) is 11.8 Å². The lowest BCUT2D eigenvalue weighted by Crippen LogP contribution is -2.19. The van der Waals surface area contributed by atoms with Crippen molar-refractivity contribution in [3.63, 3.8) is 0 Å². The van der Waals surface area contributed by atoms with Crippen molar-refractivity contribution in [3.8, 4) is 0 Å². The number of fused-ring (bicyclic) bond motifs is 1. The first-order valence-electron chi connectivity index (χ1n) is 7.22. The number of amides is 1. The standard InChI is InChI=1S/C18H11BrN2O2S/c19-16-9-8-12(23-16)10-15-17(22)21-18(24-15)20-14-7-3-5-11-4-1-2-6-13(11)14/h1-10H,(H,20,21,22). The molecule has 1 saturated heterocycles. The van der Waals surface area contributed by atoms with E-state index in [4.69, 9.17) is 4.42 Å². The van der Waals surface area contributed by atoms with Crippen molar-refractivity contribution in [2.24, 2.45) is 4.99 Å². The summed E-state index contributed by atoms with van der Waals surface area (Å²) in [4.78, 5) is 17.3.